The van der Waals surface area contributed by atoms with Gasteiger partial charge in [-0.05, 0) is 31.9 Å². The molecule has 0 amide bonds. The zero-order chi connectivity index (χ0) is 12.1. The second-order valence-corrected chi connectivity index (χ2v) is 4.00. The zero-order valence-electron chi connectivity index (χ0n) is 10.3. The molecule has 0 aliphatic heterocycles. The lowest BCUT2D eigenvalue weighted by Crippen LogP contribution is -2.10. The third-order valence-corrected chi connectivity index (χ3v) is 2.66. The minimum atomic E-state index is 0.915. The highest BCUT2D eigenvalue weighted by Crippen LogP contribution is 2.14. The quantitative estimate of drug-likeness (QED) is 0.742. The maximum atomic E-state index is 4.03. The molecular weight excluding hydrogens is 194 g/mol. The smallest absolute Gasteiger partial charge is 0.0382 e. The monoisotopic (exact) mass is 213 g/mol. The Balaban J connectivity index is 2.81. The Morgan fingerprint density at radius 1 is 1.00 bits per heavy atom. The zero-order valence-corrected chi connectivity index (χ0v) is 10.3. The molecule has 1 aromatic carbocycles. The second-order valence-electron chi connectivity index (χ2n) is 4.00. The van der Waals surface area contributed by atoms with Crippen LogP contribution in [0.25, 0.3) is 5.70 Å². The van der Waals surface area contributed by atoms with Crippen molar-refractivity contribution in [3.8, 4) is 0 Å². The molecule has 1 nitrogen and oxygen atoms in total. The van der Waals surface area contributed by atoms with Gasteiger partial charge in [-0.1, -0.05) is 49.1 Å². The molecule has 0 saturated carbocycles. The Hall–Kier alpha value is -1.76. The van der Waals surface area contributed by atoms with Gasteiger partial charge in [0.2, 0.25) is 0 Å². The van der Waals surface area contributed by atoms with Gasteiger partial charge < -0.3 is 5.32 Å². The number of benzene rings is 1. The van der Waals surface area contributed by atoms with Gasteiger partial charge in [0, 0.05) is 11.4 Å². The molecule has 0 heterocycles. The van der Waals surface area contributed by atoms with E-state index in [0.29, 0.717) is 0 Å². The number of allylic oxidation sites excluding steroid dienone is 3. The second kappa shape index (κ2) is 5.36. The normalized spacial score (nSPS) is 11.7. The van der Waals surface area contributed by atoms with Crippen molar-refractivity contribution in [1.82, 2.24) is 5.32 Å². The average Bonchev–Trinajstić information content (AvgIpc) is 2.28. The molecule has 1 N–H and O–H groups in total. The van der Waals surface area contributed by atoms with Crippen LogP contribution in [0.2, 0.25) is 0 Å². The van der Waals surface area contributed by atoms with Crippen LogP contribution in [0.1, 0.15) is 26.3 Å². The maximum Gasteiger partial charge on any atom is 0.0382 e. The van der Waals surface area contributed by atoms with Crippen LogP contribution in [0.15, 0.2) is 60.3 Å². The molecule has 1 rings (SSSR count). The van der Waals surface area contributed by atoms with Crippen LogP contribution >= 0.6 is 0 Å². The van der Waals surface area contributed by atoms with Crippen molar-refractivity contribution in [2.24, 2.45) is 0 Å². The molecule has 0 spiro atoms. The van der Waals surface area contributed by atoms with E-state index in [1.807, 2.05) is 44.2 Å². The van der Waals surface area contributed by atoms with Crippen LogP contribution in [0.4, 0.5) is 0 Å². The predicted molar refractivity (Wildman–Crippen MR) is 71.8 cm³/mol. The predicted octanol–water partition coefficient (Wildman–Crippen LogP) is 4.12. The van der Waals surface area contributed by atoms with Gasteiger partial charge in [0.15, 0.2) is 0 Å². The first-order chi connectivity index (χ1) is 7.52. The van der Waals surface area contributed by atoms with Crippen LogP contribution in [-0.2, 0) is 0 Å². The third-order valence-electron chi connectivity index (χ3n) is 2.66. The van der Waals surface area contributed by atoms with E-state index in [0.717, 1.165) is 22.5 Å². The van der Waals surface area contributed by atoms with Gasteiger partial charge in [0.05, 0.1) is 0 Å². The summed E-state index contributed by atoms with van der Waals surface area (Å²) in [6.45, 7) is 14.1. The fourth-order valence-corrected chi connectivity index (χ4v) is 1.35. The average molecular weight is 213 g/mol. The van der Waals surface area contributed by atoms with Crippen molar-refractivity contribution in [2.75, 3.05) is 0 Å². The van der Waals surface area contributed by atoms with Gasteiger partial charge in [0.25, 0.3) is 0 Å². The van der Waals surface area contributed by atoms with Gasteiger partial charge in [-0.15, -0.1) is 0 Å². The summed E-state index contributed by atoms with van der Waals surface area (Å²) >= 11 is 0. The minimum absolute atomic E-state index is 0.915. The summed E-state index contributed by atoms with van der Waals surface area (Å²) in [5.41, 5.74) is 5.37. The van der Waals surface area contributed by atoms with E-state index in [1.165, 1.54) is 5.57 Å². The van der Waals surface area contributed by atoms with E-state index in [2.05, 4.69) is 25.4 Å². The highest BCUT2D eigenvalue weighted by atomic mass is 14.9. The lowest BCUT2D eigenvalue weighted by Gasteiger charge is -2.13. The topological polar surface area (TPSA) is 12.0 Å². The molecule has 0 unspecified atom stereocenters. The van der Waals surface area contributed by atoms with Gasteiger partial charge in [-0.2, -0.15) is 0 Å². The highest BCUT2D eigenvalue weighted by Gasteiger charge is 2.01. The number of hydrogen-bond acceptors (Lipinski definition) is 1. The maximum absolute atomic E-state index is 4.03. The van der Waals surface area contributed by atoms with Crippen molar-refractivity contribution in [3.63, 3.8) is 0 Å². The first-order valence-corrected chi connectivity index (χ1v) is 5.37. The van der Waals surface area contributed by atoms with Crippen LogP contribution in [-0.4, -0.2) is 0 Å². The summed E-state index contributed by atoms with van der Waals surface area (Å²) in [4.78, 5) is 0. The number of hydrogen-bond donors (Lipinski definition) is 1. The van der Waals surface area contributed by atoms with E-state index in [4.69, 9.17) is 0 Å². The molecule has 84 valence electrons. The van der Waals surface area contributed by atoms with Crippen molar-refractivity contribution >= 4 is 5.70 Å². The van der Waals surface area contributed by atoms with E-state index in [1.54, 1.807) is 0 Å². The Morgan fingerprint density at radius 3 is 2.06 bits per heavy atom. The Labute approximate surface area is 98.2 Å². The molecule has 1 aromatic rings. The minimum Gasteiger partial charge on any atom is -0.359 e. The van der Waals surface area contributed by atoms with Crippen LogP contribution in [0.5, 0.6) is 0 Å². The van der Waals surface area contributed by atoms with Crippen LogP contribution in [0.3, 0.4) is 0 Å². The first-order valence-electron chi connectivity index (χ1n) is 5.37. The van der Waals surface area contributed by atoms with Crippen molar-refractivity contribution in [2.45, 2.75) is 20.8 Å². The molecule has 0 aliphatic rings. The fraction of sp³-hybridized carbons (Fsp3) is 0.200. The van der Waals surface area contributed by atoms with E-state index in [-0.39, 0.29) is 0 Å². The lowest BCUT2D eigenvalue weighted by atomic mass is 10.1. The summed E-state index contributed by atoms with van der Waals surface area (Å²) in [6, 6.07) is 10.1. The van der Waals surface area contributed by atoms with Crippen molar-refractivity contribution in [1.29, 1.82) is 0 Å². The summed E-state index contributed by atoms with van der Waals surface area (Å²) in [6.07, 6.45) is 0. The van der Waals surface area contributed by atoms with Crippen molar-refractivity contribution in [3.05, 3.63) is 65.9 Å². The van der Waals surface area contributed by atoms with Crippen molar-refractivity contribution < 1.29 is 0 Å². The Morgan fingerprint density at radius 2 is 1.56 bits per heavy atom. The third kappa shape index (κ3) is 3.13. The van der Waals surface area contributed by atoms with Gasteiger partial charge in [-0.3, -0.25) is 0 Å². The molecule has 0 aliphatic carbocycles. The van der Waals surface area contributed by atoms with Gasteiger partial charge >= 0.3 is 0 Å². The number of nitrogens with one attached hydrogen (secondary N) is 1. The van der Waals surface area contributed by atoms with E-state index >= 15 is 0 Å². The first kappa shape index (κ1) is 12.3. The molecule has 0 radical (unpaired) electrons. The summed E-state index contributed by atoms with van der Waals surface area (Å²) < 4.78 is 0. The standard InChI is InChI=1S/C15H19N/c1-11(2)12(3)13(4)16-14(5)15-9-7-6-8-10-15/h6-10,16H,1,5H2,2-4H3/b13-12+. The SMILES string of the molecule is C=C(C)/C(C)=C(\C)NC(=C)c1ccccc1. The molecule has 0 fully saturated rings. The van der Waals surface area contributed by atoms with Crippen LogP contribution < -0.4 is 5.32 Å². The van der Waals surface area contributed by atoms with Crippen LogP contribution in [0, 0.1) is 0 Å². The molecule has 0 saturated heterocycles. The molecule has 16 heavy (non-hydrogen) atoms. The lowest BCUT2D eigenvalue weighted by molar-refractivity contribution is 1.04. The largest absolute Gasteiger partial charge is 0.359 e. The highest BCUT2D eigenvalue weighted by molar-refractivity contribution is 5.63. The molecule has 0 atom stereocenters. The number of rotatable bonds is 4. The Bertz CT molecular complexity index is 424. The molecule has 1 heteroatoms. The molecule has 0 aromatic heterocycles. The van der Waals surface area contributed by atoms with E-state index in [9.17, 15) is 0 Å². The summed E-state index contributed by atoms with van der Waals surface area (Å²) in [5.74, 6) is 0. The fourth-order valence-electron chi connectivity index (χ4n) is 1.35. The molecular formula is C15H19N. The summed E-state index contributed by atoms with van der Waals surface area (Å²) in [5, 5.41) is 3.30. The van der Waals surface area contributed by atoms with Gasteiger partial charge in [-0.25, -0.2) is 0 Å². The van der Waals surface area contributed by atoms with Gasteiger partial charge in [0.1, 0.15) is 0 Å². The summed E-state index contributed by atoms with van der Waals surface area (Å²) in [7, 11) is 0. The molecule has 0 bridgehead atoms. The van der Waals surface area contributed by atoms with E-state index < -0.39 is 0 Å². The Kier molecular flexibility index (Phi) is 4.12.